The number of halogens is 1. The van der Waals surface area contributed by atoms with Gasteiger partial charge in [0.1, 0.15) is 12.4 Å². The van der Waals surface area contributed by atoms with E-state index in [0.717, 1.165) is 23.7 Å². The Bertz CT molecular complexity index is 499. The van der Waals surface area contributed by atoms with E-state index in [4.69, 9.17) is 20.8 Å². The molecule has 0 unspecified atom stereocenters. The number of hydrogen-bond acceptors (Lipinski definition) is 4. The molecule has 0 aliphatic rings. The van der Waals surface area contributed by atoms with E-state index < -0.39 is 6.10 Å². The number of rotatable bonds is 9. The minimum absolute atomic E-state index is 0.286. The molecular weight excluding hydrogens is 290 g/mol. The number of nitrogens with one attached hydrogen (secondary N) is 1. The second-order valence-electron chi connectivity index (χ2n) is 4.83. The summed E-state index contributed by atoms with van der Waals surface area (Å²) in [6.07, 6.45) is 1.98. The molecule has 0 bridgehead atoms. The second kappa shape index (κ2) is 8.85. The molecule has 1 heterocycles. The van der Waals surface area contributed by atoms with Crippen molar-refractivity contribution in [2.45, 2.75) is 19.1 Å². The zero-order valence-corrected chi connectivity index (χ0v) is 12.6. The molecule has 0 aliphatic carbocycles. The monoisotopic (exact) mass is 309 g/mol. The Morgan fingerprint density at radius 1 is 1.24 bits per heavy atom. The molecule has 114 valence electrons. The Kier molecular flexibility index (Phi) is 6.76. The first-order chi connectivity index (χ1) is 10.2. The maximum Gasteiger partial charge on any atom is 0.129 e. The van der Waals surface area contributed by atoms with Gasteiger partial charge in [0.25, 0.3) is 0 Å². The highest BCUT2D eigenvalue weighted by Crippen LogP contribution is 2.09. The summed E-state index contributed by atoms with van der Waals surface area (Å²) in [5.74, 6) is 0.762. The van der Waals surface area contributed by atoms with Crippen LogP contribution in [0.15, 0.2) is 47.1 Å². The Morgan fingerprint density at radius 2 is 2.05 bits per heavy atom. The minimum Gasteiger partial charge on any atom is -0.467 e. The molecule has 2 rings (SSSR count). The highest BCUT2D eigenvalue weighted by atomic mass is 35.5. The fourth-order valence-electron chi connectivity index (χ4n) is 1.90. The Balaban J connectivity index is 1.52. The van der Waals surface area contributed by atoms with Crippen molar-refractivity contribution in [3.8, 4) is 0 Å². The average Bonchev–Trinajstić information content (AvgIpc) is 2.99. The maximum absolute atomic E-state index is 9.78. The Hall–Kier alpha value is -1.33. The molecule has 0 amide bonds. The summed E-state index contributed by atoms with van der Waals surface area (Å²) in [4.78, 5) is 0. The Labute approximate surface area is 129 Å². The van der Waals surface area contributed by atoms with Gasteiger partial charge in [0.05, 0.1) is 19.0 Å². The fraction of sp³-hybridized carbons (Fsp3) is 0.375. The summed E-state index contributed by atoms with van der Waals surface area (Å²) in [7, 11) is 0. The lowest BCUT2D eigenvalue weighted by Crippen LogP contribution is -2.31. The van der Waals surface area contributed by atoms with Gasteiger partial charge in [-0.15, -0.1) is 0 Å². The number of aliphatic hydroxyl groups is 1. The molecule has 2 aromatic rings. The van der Waals surface area contributed by atoms with Crippen molar-refractivity contribution in [2.24, 2.45) is 0 Å². The van der Waals surface area contributed by atoms with Gasteiger partial charge >= 0.3 is 0 Å². The number of hydrogen-bond donors (Lipinski definition) is 2. The predicted molar refractivity (Wildman–Crippen MR) is 82.4 cm³/mol. The van der Waals surface area contributed by atoms with Gasteiger partial charge in [-0.3, -0.25) is 0 Å². The van der Waals surface area contributed by atoms with Crippen LogP contribution in [0, 0.1) is 0 Å². The van der Waals surface area contributed by atoms with Crippen LogP contribution in [0.5, 0.6) is 0 Å². The van der Waals surface area contributed by atoms with E-state index in [2.05, 4.69) is 5.32 Å². The van der Waals surface area contributed by atoms with Gasteiger partial charge in [0.2, 0.25) is 0 Å². The zero-order chi connectivity index (χ0) is 14.9. The van der Waals surface area contributed by atoms with E-state index in [0.29, 0.717) is 13.2 Å². The summed E-state index contributed by atoms with van der Waals surface area (Å²) < 4.78 is 10.5. The molecule has 1 aromatic heterocycles. The number of benzene rings is 1. The molecule has 1 aromatic carbocycles. The molecule has 0 spiro atoms. The van der Waals surface area contributed by atoms with Crippen molar-refractivity contribution < 1.29 is 14.3 Å². The molecule has 21 heavy (non-hydrogen) atoms. The van der Waals surface area contributed by atoms with Crippen LogP contribution < -0.4 is 5.32 Å². The van der Waals surface area contributed by atoms with Gasteiger partial charge in [-0.25, -0.2) is 0 Å². The summed E-state index contributed by atoms with van der Waals surface area (Å²) in [6.45, 7) is 1.98. The fourth-order valence-corrected chi connectivity index (χ4v) is 2.03. The highest BCUT2D eigenvalue weighted by molar-refractivity contribution is 6.30. The topological polar surface area (TPSA) is 54.6 Å². The summed E-state index contributed by atoms with van der Waals surface area (Å²) in [5.41, 5.74) is 1.22. The minimum atomic E-state index is -0.523. The second-order valence-corrected chi connectivity index (χ2v) is 5.27. The lowest BCUT2D eigenvalue weighted by molar-refractivity contribution is 0.0228. The first kappa shape index (κ1) is 16.0. The first-order valence-electron chi connectivity index (χ1n) is 6.97. The molecule has 5 heteroatoms. The maximum atomic E-state index is 9.78. The van der Waals surface area contributed by atoms with Gasteiger partial charge in [-0.2, -0.15) is 0 Å². The molecule has 0 saturated carbocycles. The lowest BCUT2D eigenvalue weighted by Gasteiger charge is -2.12. The van der Waals surface area contributed by atoms with Crippen molar-refractivity contribution >= 4 is 11.6 Å². The summed E-state index contributed by atoms with van der Waals surface area (Å²) in [6, 6.07) is 11.4. The molecule has 1 atom stereocenters. The van der Waals surface area contributed by atoms with Crippen LogP contribution in [0.2, 0.25) is 5.02 Å². The van der Waals surface area contributed by atoms with E-state index in [1.165, 1.54) is 5.56 Å². The Morgan fingerprint density at radius 3 is 2.76 bits per heavy atom. The molecule has 4 nitrogen and oxygen atoms in total. The third-order valence-electron chi connectivity index (χ3n) is 3.02. The van der Waals surface area contributed by atoms with Crippen LogP contribution in [0.3, 0.4) is 0 Å². The van der Waals surface area contributed by atoms with Crippen LogP contribution >= 0.6 is 11.6 Å². The van der Waals surface area contributed by atoms with Crippen molar-refractivity contribution in [3.63, 3.8) is 0 Å². The van der Waals surface area contributed by atoms with Crippen LogP contribution in [0.25, 0.3) is 0 Å². The molecule has 0 radical (unpaired) electrons. The van der Waals surface area contributed by atoms with Crippen LogP contribution in [-0.2, 0) is 17.8 Å². The van der Waals surface area contributed by atoms with Crippen LogP contribution in [0.1, 0.15) is 11.3 Å². The van der Waals surface area contributed by atoms with Gasteiger partial charge in [-0.1, -0.05) is 23.7 Å². The van der Waals surface area contributed by atoms with E-state index >= 15 is 0 Å². The average molecular weight is 310 g/mol. The normalized spacial score (nSPS) is 12.5. The van der Waals surface area contributed by atoms with E-state index in [1.54, 1.807) is 6.26 Å². The molecular formula is C16H20ClNO3. The largest absolute Gasteiger partial charge is 0.467 e. The molecule has 0 fully saturated rings. The van der Waals surface area contributed by atoms with Crippen LogP contribution in [0.4, 0.5) is 0 Å². The van der Waals surface area contributed by atoms with Crippen LogP contribution in [-0.4, -0.2) is 30.9 Å². The highest BCUT2D eigenvalue weighted by Gasteiger charge is 2.04. The smallest absolute Gasteiger partial charge is 0.129 e. The van der Waals surface area contributed by atoms with Gasteiger partial charge in [-0.05, 0) is 42.8 Å². The van der Waals surface area contributed by atoms with E-state index in [1.807, 2.05) is 36.4 Å². The van der Waals surface area contributed by atoms with E-state index in [9.17, 15) is 5.11 Å². The predicted octanol–water partition coefficient (Wildman–Crippen LogP) is 2.64. The summed E-state index contributed by atoms with van der Waals surface area (Å²) in [5, 5.41) is 13.7. The summed E-state index contributed by atoms with van der Waals surface area (Å²) >= 11 is 5.83. The number of furan rings is 1. The van der Waals surface area contributed by atoms with Gasteiger partial charge < -0.3 is 19.6 Å². The van der Waals surface area contributed by atoms with Crippen molar-refractivity contribution in [3.05, 3.63) is 59.0 Å². The van der Waals surface area contributed by atoms with Gasteiger partial charge in [0.15, 0.2) is 0 Å². The van der Waals surface area contributed by atoms with Crippen molar-refractivity contribution in [2.75, 3.05) is 19.7 Å². The first-order valence-corrected chi connectivity index (χ1v) is 7.35. The quantitative estimate of drug-likeness (QED) is 0.699. The number of ether oxygens (including phenoxy) is 1. The molecule has 2 N–H and O–H groups in total. The third kappa shape index (κ3) is 6.31. The van der Waals surface area contributed by atoms with Crippen molar-refractivity contribution in [1.29, 1.82) is 0 Å². The zero-order valence-electron chi connectivity index (χ0n) is 11.8. The van der Waals surface area contributed by atoms with E-state index in [-0.39, 0.29) is 6.61 Å². The number of aliphatic hydroxyl groups excluding tert-OH is 1. The SMILES string of the molecule is O[C@@H](CNCCc1ccc(Cl)cc1)COCc1ccco1. The van der Waals surface area contributed by atoms with Gasteiger partial charge in [0, 0.05) is 11.6 Å². The molecule has 0 saturated heterocycles. The van der Waals surface area contributed by atoms with Crippen molar-refractivity contribution in [1.82, 2.24) is 5.32 Å². The lowest BCUT2D eigenvalue weighted by atomic mass is 10.1. The standard InChI is InChI=1S/C16H20ClNO3/c17-14-5-3-13(4-6-14)7-8-18-10-15(19)11-20-12-16-2-1-9-21-16/h1-6,9,15,18-19H,7-8,10-12H2/t15-/m0/s1. The molecule has 0 aliphatic heterocycles. The third-order valence-corrected chi connectivity index (χ3v) is 3.27.